The Bertz CT molecular complexity index is 483. The monoisotopic (exact) mass is 320 g/mol. The molecule has 130 valence electrons. The van der Waals surface area contributed by atoms with Gasteiger partial charge in [-0.15, -0.1) is 0 Å². The highest BCUT2D eigenvalue weighted by atomic mass is 16.3. The van der Waals surface area contributed by atoms with Gasteiger partial charge < -0.3 is 20.3 Å². The van der Waals surface area contributed by atoms with E-state index in [-0.39, 0.29) is 12.0 Å². The van der Waals surface area contributed by atoms with Crippen LogP contribution in [0, 0.1) is 5.41 Å². The molecule has 0 atom stereocenters. The number of aliphatic hydroxyl groups excluding tert-OH is 1. The zero-order chi connectivity index (χ0) is 16.5. The lowest BCUT2D eigenvalue weighted by Gasteiger charge is -2.37. The first kappa shape index (κ1) is 17.9. The molecule has 1 heterocycles. The van der Waals surface area contributed by atoms with Crippen molar-refractivity contribution in [2.45, 2.75) is 52.0 Å². The maximum atomic E-state index is 9.43. The standard InChI is InChI=1S/C18H32N4O/c1-3-19-17(20-13-16-7-11-22(2)14-16)21-15-18(10-12-23)8-5-4-6-9-18/h7,11,14,23H,3-6,8-10,12-13,15H2,1-2H3,(H2,19,20,21). The van der Waals surface area contributed by atoms with E-state index in [4.69, 9.17) is 4.99 Å². The predicted octanol–water partition coefficient (Wildman–Crippen LogP) is 2.41. The smallest absolute Gasteiger partial charge is 0.191 e. The lowest BCUT2D eigenvalue weighted by atomic mass is 9.72. The molecular formula is C18H32N4O. The van der Waals surface area contributed by atoms with Gasteiger partial charge in [-0.2, -0.15) is 0 Å². The molecular weight excluding hydrogens is 288 g/mol. The van der Waals surface area contributed by atoms with Crippen LogP contribution in [-0.4, -0.2) is 35.3 Å². The van der Waals surface area contributed by atoms with Crippen molar-refractivity contribution in [2.24, 2.45) is 17.5 Å². The van der Waals surface area contributed by atoms with Gasteiger partial charge in [0, 0.05) is 39.1 Å². The first-order chi connectivity index (χ1) is 11.2. The van der Waals surface area contributed by atoms with E-state index in [2.05, 4.69) is 29.8 Å². The highest BCUT2D eigenvalue weighted by Crippen LogP contribution is 2.38. The molecule has 1 fully saturated rings. The molecule has 0 spiro atoms. The van der Waals surface area contributed by atoms with Gasteiger partial charge >= 0.3 is 0 Å². The molecule has 0 saturated heterocycles. The Morgan fingerprint density at radius 3 is 2.70 bits per heavy atom. The number of rotatable bonds is 7. The van der Waals surface area contributed by atoms with Crippen molar-refractivity contribution in [1.29, 1.82) is 0 Å². The van der Waals surface area contributed by atoms with Crippen LogP contribution in [0.5, 0.6) is 0 Å². The lowest BCUT2D eigenvalue weighted by Crippen LogP contribution is -2.44. The van der Waals surface area contributed by atoms with E-state index in [1.54, 1.807) is 0 Å². The molecule has 0 amide bonds. The predicted molar refractivity (Wildman–Crippen MR) is 95.5 cm³/mol. The number of hydrogen-bond donors (Lipinski definition) is 3. The number of nitrogens with one attached hydrogen (secondary N) is 2. The molecule has 1 saturated carbocycles. The highest BCUT2D eigenvalue weighted by molar-refractivity contribution is 5.79. The van der Waals surface area contributed by atoms with Crippen molar-refractivity contribution < 1.29 is 5.11 Å². The van der Waals surface area contributed by atoms with Gasteiger partial charge in [-0.3, -0.25) is 0 Å². The molecule has 23 heavy (non-hydrogen) atoms. The second-order valence-corrected chi connectivity index (χ2v) is 6.77. The summed E-state index contributed by atoms with van der Waals surface area (Å²) in [5.74, 6) is 0.874. The Kier molecular flexibility index (Phi) is 6.96. The molecule has 3 N–H and O–H groups in total. The number of aliphatic imine (C=N–C) groups is 1. The molecule has 2 rings (SSSR count). The third kappa shape index (κ3) is 5.57. The van der Waals surface area contributed by atoms with Gasteiger partial charge in [0.2, 0.25) is 0 Å². The lowest BCUT2D eigenvalue weighted by molar-refractivity contribution is 0.131. The molecule has 0 aromatic carbocycles. The van der Waals surface area contributed by atoms with Crippen LogP contribution in [0.15, 0.2) is 23.5 Å². The SMILES string of the molecule is CCNC(=NCc1ccn(C)c1)NCC1(CCO)CCCCC1. The minimum Gasteiger partial charge on any atom is -0.396 e. The first-order valence-electron chi connectivity index (χ1n) is 8.91. The molecule has 0 radical (unpaired) electrons. The molecule has 5 heteroatoms. The fourth-order valence-corrected chi connectivity index (χ4v) is 3.49. The number of guanidine groups is 1. The molecule has 1 aromatic heterocycles. The van der Waals surface area contributed by atoms with Crippen molar-refractivity contribution in [2.75, 3.05) is 19.7 Å². The number of nitrogens with zero attached hydrogens (tertiary/aromatic N) is 2. The minimum atomic E-state index is 0.232. The fraction of sp³-hybridized carbons (Fsp3) is 0.722. The Balaban J connectivity index is 1.94. The Morgan fingerprint density at radius 1 is 1.30 bits per heavy atom. The van der Waals surface area contributed by atoms with Crippen LogP contribution in [0.4, 0.5) is 0 Å². The fourth-order valence-electron chi connectivity index (χ4n) is 3.49. The van der Waals surface area contributed by atoms with Crippen molar-refractivity contribution in [3.8, 4) is 0 Å². The van der Waals surface area contributed by atoms with E-state index in [1.165, 1.54) is 37.7 Å². The summed E-state index contributed by atoms with van der Waals surface area (Å²) >= 11 is 0. The van der Waals surface area contributed by atoms with Crippen molar-refractivity contribution >= 4 is 5.96 Å². The number of aliphatic hydroxyl groups is 1. The van der Waals surface area contributed by atoms with Crippen LogP contribution in [-0.2, 0) is 13.6 Å². The number of aryl methyl sites for hydroxylation is 1. The van der Waals surface area contributed by atoms with E-state index >= 15 is 0 Å². The van der Waals surface area contributed by atoms with Gasteiger partial charge in [-0.1, -0.05) is 19.3 Å². The number of aromatic nitrogens is 1. The maximum absolute atomic E-state index is 9.43. The van der Waals surface area contributed by atoms with E-state index in [1.807, 2.05) is 17.8 Å². The summed E-state index contributed by atoms with van der Waals surface area (Å²) in [5.41, 5.74) is 1.45. The van der Waals surface area contributed by atoms with Crippen LogP contribution in [0.3, 0.4) is 0 Å². The Morgan fingerprint density at radius 2 is 2.09 bits per heavy atom. The van der Waals surface area contributed by atoms with Gasteiger partial charge in [0.25, 0.3) is 0 Å². The summed E-state index contributed by atoms with van der Waals surface area (Å²) in [6, 6.07) is 2.10. The van der Waals surface area contributed by atoms with Crippen LogP contribution in [0.25, 0.3) is 0 Å². The Hall–Kier alpha value is -1.49. The Labute approximate surface area is 140 Å². The summed E-state index contributed by atoms with van der Waals surface area (Å²) in [5, 5.41) is 16.3. The van der Waals surface area contributed by atoms with Crippen LogP contribution in [0.1, 0.15) is 51.0 Å². The van der Waals surface area contributed by atoms with Crippen molar-refractivity contribution in [3.63, 3.8) is 0 Å². The third-order valence-electron chi connectivity index (χ3n) is 4.84. The average Bonchev–Trinajstić information content (AvgIpc) is 2.97. The summed E-state index contributed by atoms with van der Waals surface area (Å²) < 4.78 is 2.05. The summed E-state index contributed by atoms with van der Waals surface area (Å²) in [6.07, 6.45) is 11.3. The zero-order valence-corrected chi connectivity index (χ0v) is 14.6. The minimum absolute atomic E-state index is 0.232. The van der Waals surface area contributed by atoms with Crippen LogP contribution in [0.2, 0.25) is 0 Å². The van der Waals surface area contributed by atoms with E-state index in [0.29, 0.717) is 6.54 Å². The van der Waals surface area contributed by atoms with E-state index in [0.717, 1.165) is 25.5 Å². The van der Waals surface area contributed by atoms with Gasteiger partial charge in [-0.25, -0.2) is 4.99 Å². The van der Waals surface area contributed by atoms with E-state index < -0.39 is 0 Å². The first-order valence-corrected chi connectivity index (χ1v) is 8.91. The second kappa shape index (κ2) is 8.96. The van der Waals surface area contributed by atoms with Gasteiger partial charge in [-0.05, 0) is 43.2 Å². The molecule has 1 aliphatic carbocycles. The van der Waals surface area contributed by atoms with Crippen LogP contribution >= 0.6 is 0 Å². The van der Waals surface area contributed by atoms with Gasteiger partial charge in [0.15, 0.2) is 5.96 Å². The molecule has 5 nitrogen and oxygen atoms in total. The molecule has 0 bridgehead atoms. The third-order valence-corrected chi connectivity index (χ3v) is 4.84. The van der Waals surface area contributed by atoms with Crippen molar-refractivity contribution in [1.82, 2.24) is 15.2 Å². The maximum Gasteiger partial charge on any atom is 0.191 e. The zero-order valence-electron chi connectivity index (χ0n) is 14.6. The molecule has 0 aliphatic heterocycles. The highest BCUT2D eigenvalue weighted by Gasteiger charge is 2.31. The molecule has 0 unspecified atom stereocenters. The normalized spacial score (nSPS) is 18.0. The largest absolute Gasteiger partial charge is 0.396 e. The van der Waals surface area contributed by atoms with Gasteiger partial charge in [0.1, 0.15) is 0 Å². The van der Waals surface area contributed by atoms with Crippen LogP contribution < -0.4 is 10.6 Å². The number of hydrogen-bond acceptors (Lipinski definition) is 2. The summed E-state index contributed by atoms with van der Waals surface area (Å²) in [4.78, 5) is 4.69. The average molecular weight is 320 g/mol. The molecule has 1 aliphatic rings. The summed E-state index contributed by atoms with van der Waals surface area (Å²) in [7, 11) is 2.03. The second-order valence-electron chi connectivity index (χ2n) is 6.77. The van der Waals surface area contributed by atoms with Gasteiger partial charge in [0.05, 0.1) is 6.54 Å². The van der Waals surface area contributed by atoms with Crippen molar-refractivity contribution in [3.05, 3.63) is 24.0 Å². The van der Waals surface area contributed by atoms with E-state index in [9.17, 15) is 5.11 Å². The summed E-state index contributed by atoms with van der Waals surface area (Å²) in [6.45, 7) is 4.80. The molecule has 1 aromatic rings. The topological polar surface area (TPSA) is 61.6 Å². The quantitative estimate of drug-likeness (QED) is 0.534.